The molecule has 1 amide bonds. The molecule has 0 aliphatic carbocycles. The van der Waals surface area contributed by atoms with Gasteiger partial charge in [0, 0.05) is 6.92 Å². The monoisotopic (exact) mass is 152 g/mol. The number of nitrogens with zero attached hydrogens (tertiary/aromatic N) is 1. The maximum absolute atomic E-state index is 10.8. The number of oxazole rings is 1. The first-order valence-corrected chi connectivity index (χ1v) is 3.47. The van der Waals surface area contributed by atoms with Crippen LogP contribution in [0.15, 0.2) is 4.42 Å². The van der Waals surface area contributed by atoms with E-state index in [2.05, 4.69) is 10.3 Å². The first kappa shape index (κ1) is 6.39. The molecule has 0 saturated carbocycles. The molecular weight excluding hydrogens is 144 g/mol. The average molecular weight is 152 g/mol. The number of nitrogens with one attached hydrogen (secondary N) is 1. The Morgan fingerprint density at radius 3 is 3.27 bits per heavy atom. The van der Waals surface area contributed by atoms with Crippen molar-refractivity contribution in [3.63, 3.8) is 0 Å². The highest BCUT2D eigenvalue weighted by atomic mass is 16.4. The highest BCUT2D eigenvalue weighted by molar-refractivity contribution is 5.79. The molecule has 58 valence electrons. The van der Waals surface area contributed by atoms with Gasteiger partial charge in [0.25, 0.3) is 0 Å². The van der Waals surface area contributed by atoms with Crippen LogP contribution >= 0.6 is 0 Å². The van der Waals surface area contributed by atoms with E-state index >= 15 is 0 Å². The first-order chi connectivity index (χ1) is 5.25. The van der Waals surface area contributed by atoms with Crippen molar-refractivity contribution in [1.29, 1.82) is 0 Å². The van der Waals surface area contributed by atoms with Crippen LogP contribution in [-0.2, 0) is 17.8 Å². The standard InChI is InChI=1S/C7H8N2O2/c1-4-9-5-2-7(10)8-3-6(5)11-4/h2-3H2,1H3,(H,8,10). The number of carbonyl (C=O) groups is 1. The van der Waals surface area contributed by atoms with Gasteiger partial charge in [-0.05, 0) is 0 Å². The van der Waals surface area contributed by atoms with Crippen LogP contribution in [-0.4, -0.2) is 10.9 Å². The molecule has 0 saturated heterocycles. The summed E-state index contributed by atoms with van der Waals surface area (Å²) in [6.45, 7) is 2.26. The molecule has 2 heterocycles. The number of rotatable bonds is 0. The van der Waals surface area contributed by atoms with Gasteiger partial charge in [-0.25, -0.2) is 4.98 Å². The maximum Gasteiger partial charge on any atom is 0.226 e. The molecule has 11 heavy (non-hydrogen) atoms. The Bertz CT molecular complexity index is 303. The van der Waals surface area contributed by atoms with Gasteiger partial charge in [0.1, 0.15) is 5.76 Å². The zero-order valence-electron chi connectivity index (χ0n) is 6.18. The van der Waals surface area contributed by atoms with Crippen molar-refractivity contribution >= 4 is 5.91 Å². The largest absolute Gasteiger partial charge is 0.444 e. The Morgan fingerprint density at radius 1 is 1.64 bits per heavy atom. The van der Waals surface area contributed by atoms with Gasteiger partial charge in [0.2, 0.25) is 5.91 Å². The van der Waals surface area contributed by atoms with Crippen molar-refractivity contribution in [2.75, 3.05) is 0 Å². The minimum absolute atomic E-state index is 0.0193. The van der Waals surface area contributed by atoms with Crippen molar-refractivity contribution in [1.82, 2.24) is 10.3 Å². The third-order valence-corrected chi connectivity index (χ3v) is 1.66. The fourth-order valence-corrected chi connectivity index (χ4v) is 1.18. The van der Waals surface area contributed by atoms with E-state index in [1.165, 1.54) is 0 Å². The Kier molecular flexibility index (Phi) is 1.21. The Hall–Kier alpha value is -1.32. The van der Waals surface area contributed by atoms with Gasteiger partial charge in [-0.2, -0.15) is 0 Å². The molecule has 4 nitrogen and oxygen atoms in total. The van der Waals surface area contributed by atoms with E-state index < -0.39 is 0 Å². The lowest BCUT2D eigenvalue weighted by Crippen LogP contribution is -2.29. The molecule has 0 aromatic carbocycles. The molecule has 4 heteroatoms. The smallest absolute Gasteiger partial charge is 0.226 e. The second kappa shape index (κ2) is 2.08. The van der Waals surface area contributed by atoms with Crippen LogP contribution in [0.2, 0.25) is 0 Å². The summed E-state index contributed by atoms with van der Waals surface area (Å²) in [6, 6.07) is 0. The van der Waals surface area contributed by atoms with Crippen LogP contribution in [0.25, 0.3) is 0 Å². The summed E-state index contributed by atoms with van der Waals surface area (Å²) in [5.41, 5.74) is 0.784. The molecule has 2 rings (SSSR count). The van der Waals surface area contributed by atoms with Gasteiger partial charge >= 0.3 is 0 Å². The highest BCUT2D eigenvalue weighted by Gasteiger charge is 2.19. The van der Waals surface area contributed by atoms with E-state index in [1.54, 1.807) is 6.92 Å². The molecule has 0 fully saturated rings. The van der Waals surface area contributed by atoms with Crippen LogP contribution in [0.1, 0.15) is 17.3 Å². The van der Waals surface area contributed by atoms with Crippen LogP contribution in [0, 0.1) is 6.92 Å². The zero-order valence-corrected chi connectivity index (χ0v) is 6.18. The molecule has 1 aliphatic rings. The summed E-state index contributed by atoms with van der Waals surface area (Å²) < 4.78 is 5.23. The Labute approximate surface area is 63.6 Å². The van der Waals surface area contributed by atoms with E-state index in [9.17, 15) is 4.79 Å². The molecule has 0 spiro atoms. The van der Waals surface area contributed by atoms with Gasteiger partial charge in [-0.3, -0.25) is 4.79 Å². The van der Waals surface area contributed by atoms with Crippen molar-refractivity contribution < 1.29 is 9.21 Å². The van der Waals surface area contributed by atoms with Crippen LogP contribution in [0.4, 0.5) is 0 Å². The predicted octanol–water partition coefficient (Wildman–Crippen LogP) is 0.155. The second-order valence-electron chi connectivity index (χ2n) is 2.56. The van der Waals surface area contributed by atoms with E-state index in [-0.39, 0.29) is 5.91 Å². The van der Waals surface area contributed by atoms with Crippen molar-refractivity contribution in [2.45, 2.75) is 19.9 Å². The van der Waals surface area contributed by atoms with Gasteiger partial charge in [-0.15, -0.1) is 0 Å². The van der Waals surface area contributed by atoms with Gasteiger partial charge in [-0.1, -0.05) is 0 Å². The topological polar surface area (TPSA) is 55.1 Å². The molecule has 0 bridgehead atoms. The molecule has 0 atom stereocenters. The number of fused-ring (bicyclic) bond motifs is 1. The molecular formula is C7H8N2O2. The number of amides is 1. The molecule has 0 unspecified atom stereocenters. The third-order valence-electron chi connectivity index (χ3n) is 1.66. The highest BCUT2D eigenvalue weighted by Crippen LogP contribution is 2.14. The van der Waals surface area contributed by atoms with E-state index in [1.807, 2.05) is 0 Å². The summed E-state index contributed by atoms with van der Waals surface area (Å²) in [7, 11) is 0. The summed E-state index contributed by atoms with van der Waals surface area (Å²) in [5, 5.41) is 2.68. The SMILES string of the molecule is Cc1nc2c(o1)CNC(=O)C2. The molecule has 1 N–H and O–H groups in total. The summed E-state index contributed by atoms with van der Waals surface area (Å²) >= 11 is 0. The lowest BCUT2D eigenvalue weighted by Gasteiger charge is -2.08. The fraction of sp³-hybridized carbons (Fsp3) is 0.429. The van der Waals surface area contributed by atoms with E-state index in [0.717, 1.165) is 11.5 Å². The predicted molar refractivity (Wildman–Crippen MR) is 36.8 cm³/mol. The molecule has 1 aromatic heterocycles. The van der Waals surface area contributed by atoms with Gasteiger partial charge < -0.3 is 9.73 Å². The Morgan fingerprint density at radius 2 is 2.45 bits per heavy atom. The summed E-state index contributed by atoms with van der Waals surface area (Å²) in [5.74, 6) is 1.44. The number of hydrogen-bond acceptors (Lipinski definition) is 3. The lowest BCUT2D eigenvalue weighted by molar-refractivity contribution is -0.121. The number of hydrogen-bond donors (Lipinski definition) is 1. The number of aromatic nitrogens is 1. The second-order valence-corrected chi connectivity index (χ2v) is 2.56. The fourth-order valence-electron chi connectivity index (χ4n) is 1.18. The van der Waals surface area contributed by atoms with Crippen molar-refractivity contribution in [2.24, 2.45) is 0 Å². The minimum Gasteiger partial charge on any atom is -0.444 e. The molecule has 0 radical (unpaired) electrons. The van der Waals surface area contributed by atoms with Crippen LogP contribution in [0.5, 0.6) is 0 Å². The lowest BCUT2D eigenvalue weighted by atomic mass is 10.2. The van der Waals surface area contributed by atoms with Gasteiger partial charge in [0.15, 0.2) is 5.89 Å². The van der Waals surface area contributed by atoms with Crippen LogP contribution in [0.3, 0.4) is 0 Å². The Balaban J connectivity index is 2.41. The van der Waals surface area contributed by atoms with Crippen molar-refractivity contribution in [3.8, 4) is 0 Å². The number of carbonyl (C=O) groups excluding carboxylic acids is 1. The number of aryl methyl sites for hydroxylation is 1. The minimum atomic E-state index is 0.0193. The molecule has 1 aliphatic heterocycles. The summed E-state index contributed by atoms with van der Waals surface area (Å²) in [6.07, 6.45) is 0.354. The third kappa shape index (κ3) is 1.00. The maximum atomic E-state index is 10.8. The van der Waals surface area contributed by atoms with E-state index in [0.29, 0.717) is 18.9 Å². The zero-order chi connectivity index (χ0) is 7.84. The molecule has 1 aromatic rings. The van der Waals surface area contributed by atoms with Gasteiger partial charge in [0.05, 0.1) is 18.7 Å². The van der Waals surface area contributed by atoms with E-state index in [4.69, 9.17) is 4.42 Å². The normalized spacial score (nSPS) is 15.9. The van der Waals surface area contributed by atoms with Crippen molar-refractivity contribution in [3.05, 3.63) is 17.3 Å². The summed E-state index contributed by atoms with van der Waals surface area (Å²) in [4.78, 5) is 14.9. The first-order valence-electron chi connectivity index (χ1n) is 3.47. The van der Waals surface area contributed by atoms with Crippen LogP contribution < -0.4 is 5.32 Å². The quantitative estimate of drug-likeness (QED) is 0.576. The average Bonchev–Trinajstić information content (AvgIpc) is 2.27.